The van der Waals surface area contributed by atoms with Gasteiger partial charge in [0.15, 0.2) is 11.5 Å². The molecule has 4 aromatic rings. The minimum atomic E-state index is -0.429. The third-order valence-corrected chi connectivity index (χ3v) is 6.48. The highest BCUT2D eigenvalue weighted by Gasteiger charge is 2.20. The van der Waals surface area contributed by atoms with Gasteiger partial charge in [-0.25, -0.2) is 0 Å². The van der Waals surface area contributed by atoms with Crippen LogP contribution in [0.2, 0.25) is 0 Å². The highest BCUT2D eigenvalue weighted by atomic mass is 16.5. The summed E-state index contributed by atoms with van der Waals surface area (Å²) in [5, 5.41) is 8.28. The zero-order chi connectivity index (χ0) is 31.6. The number of carbonyl (C=O) groups is 3. The molecule has 0 heterocycles. The second kappa shape index (κ2) is 14.6. The number of nitrogens with zero attached hydrogens (tertiary/aromatic N) is 1. The average molecular weight is 597 g/mol. The van der Waals surface area contributed by atoms with E-state index in [0.717, 1.165) is 11.3 Å². The first-order valence-corrected chi connectivity index (χ1v) is 14.0. The molecule has 228 valence electrons. The van der Waals surface area contributed by atoms with E-state index in [1.165, 1.54) is 20.8 Å². The van der Waals surface area contributed by atoms with Crippen molar-refractivity contribution in [3.63, 3.8) is 0 Å². The number of rotatable bonds is 12. The van der Waals surface area contributed by atoms with Gasteiger partial charge in [-0.15, -0.1) is 0 Å². The number of anilines is 4. The molecule has 4 aromatic carbocycles. The van der Waals surface area contributed by atoms with E-state index in [-0.39, 0.29) is 17.7 Å². The van der Waals surface area contributed by atoms with Crippen molar-refractivity contribution in [3.05, 3.63) is 96.6 Å². The van der Waals surface area contributed by atoms with Gasteiger partial charge in [0.1, 0.15) is 17.6 Å². The van der Waals surface area contributed by atoms with E-state index < -0.39 is 6.10 Å². The van der Waals surface area contributed by atoms with Crippen molar-refractivity contribution >= 4 is 40.5 Å². The standard InChI is InChI=1S/C34H36N4O6/c1-22(39)35-26-7-13-29(14-8-26)38(4)21-34(44-31-17-11-28(12-18-31)37-24(3)41)25-6-19-32(33(20-25)42-5)43-30-15-9-27(10-16-30)36-23(2)40/h6-20,34H,21H2,1-5H3,(H,35,39)(H,36,40)(H,37,41). The van der Waals surface area contributed by atoms with Crippen molar-refractivity contribution in [2.75, 3.05) is 41.6 Å². The van der Waals surface area contributed by atoms with Crippen LogP contribution < -0.4 is 35.1 Å². The van der Waals surface area contributed by atoms with E-state index in [1.807, 2.05) is 49.5 Å². The molecule has 0 fully saturated rings. The number of hydrogen-bond acceptors (Lipinski definition) is 7. The summed E-state index contributed by atoms with van der Waals surface area (Å²) >= 11 is 0. The normalized spacial score (nSPS) is 11.1. The summed E-state index contributed by atoms with van der Waals surface area (Å²) in [4.78, 5) is 36.2. The molecule has 4 rings (SSSR count). The predicted octanol–water partition coefficient (Wildman–Crippen LogP) is 6.62. The number of amides is 3. The molecule has 3 amide bonds. The number of benzene rings is 4. The van der Waals surface area contributed by atoms with Crippen LogP contribution in [0.1, 0.15) is 32.4 Å². The van der Waals surface area contributed by atoms with Crippen LogP contribution in [0, 0.1) is 0 Å². The summed E-state index contributed by atoms with van der Waals surface area (Å²) in [6.07, 6.45) is -0.429. The van der Waals surface area contributed by atoms with Crippen LogP contribution in [0.25, 0.3) is 0 Å². The van der Waals surface area contributed by atoms with Crippen LogP contribution in [0.4, 0.5) is 22.7 Å². The number of nitrogens with one attached hydrogen (secondary N) is 3. The fourth-order valence-electron chi connectivity index (χ4n) is 4.46. The van der Waals surface area contributed by atoms with Crippen molar-refractivity contribution in [2.45, 2.75) is 26.9 Å². The SMILES string of the molecule is COc1cc(C(CN(C)c2ccc(NC(C)=O)cc2)Oc2ccc(NC(C)=O)cc2)ccc1Oc1ccc(NC(C)=O)cc1. The molecule has 10 heteroatoms. The Morgan fingerprint density at radius 3 is 1.61 bits per heavy atom. The van der Waals surface area contributed by atoms with Gasteiger partial charge < -0.3 is 35.1 Å². The Labute approximate surface area is 256 Å². The first-order chi connectivity index (χ1) is 21.1. The molecule has 0 aliphatic carbocycles. The van der Waals surface area contributed by atoms with E-state index >= 15 is 0 Å². The molecule has 1 atom stereocenters. The molecule has 1 unspecified atom stereocenters. The Kier molecular flexibility index (Phi) is 10.4. The maximum absolute atomic E-state index is 11.4. The van der Waals surface area contributed by atoms with E-state index in [9.17, 15) is 14.4 Å². The van der Waals surface area contributed by atoms with Crippen molar-refractivity contribution in [2.24, 2.45) is 0 Å². The van der Waals surface area contributed by atoms with Crippen molar-refractivity contribution in [1.82, 2.24) is 0 Å². The Hall–Kier alpha value is -5.51. The van der Waals surface area contributed by atoms with E-state index in [1.54, 1.807) is 55.6 Å². The molecule has 0 saturated heterocycles. The lowest BCUT2D eigenvalue weighted by atomic mass is 10.1. The molecular weight excluding hydrogens is 560 g/mol. The number of ether oxygens (including phenoxy) is 3. The second-order valence-electron chi connectivity index (χ2n) is 10.1. The van der Waals surface area contributed by atoms with Gasteiger partial charge in [0, 0.05) is 50.6 Å². The molecule has 0 bridgehead atoms. The minimum Gasteiger partial charge on any atom is -0.493 e. The number of carbonyl (C=O) groups excluding carboxylic acids is 3. The van der Waals surface area contributed by atoms with Crippen LogP contribution in [0.5, 0.6) is 23.0 Å². The summed E-state index contributed by atoms with van der Waals surface area (Å²) in [6.45, 7) is 4.86. The first kappa shape index (κ1) is 31.4. The van der Waals surface area contributed by atoms with E-state index in [2.05, 4.69) is 20.9 Å². The smallest absolute Gasteiger partial charge is 0.221 e. The van der Waals surface area contributed by atoms with E-state index in [0.29, 0.717) is 46.6 Å². The van der Waals surface area contributed by atoms with Gasteiger partial charge in [0.2, 0.25) is 17.7 Å². The zero-order valence-electron chi connectivity index (χ0n) is 25.3. The van der Waals surface area contributed by atoms with Crippen LogP contribution in [0.15, 0.2) is 91.0 Å². The van der Waals surface area contributed by atoms with Crippen molar-refractivity contribution in [1.29, 1.82) is 0 Å². The van der Waals surface area contributed by atoms with Gasteiger partial charge in [-0.2, -0.15) is 0 Å². The molecule has 10 nitrogen and oxygen atoms in total. The Bertz CT molecular complexity index is 1590. The zero-order valence-corrected chi connectivity index (χ0v) is 25.3. The quantitative estimate of drug-likeness (QED) is 0.168. The lowest BCUT2D eigenvalue weighted by Gasteiger charge is -2.27. The maximum atomic E-state index is 11.4. The number of likely N-dealkylation sites (N-methyl/N-ethyl adjacent to an activating group) is 1. The fourth-order valence-corrected chi connectivity index (χ4v) is 4.46. The van der Waals surface area contributed by atoms with Gasteiger partial charge in [-0.3, -0.25) is 14.4 Å². The van der Waals surface area contributed by atoms with Gasteiger partial charge in [-0.1, -0.05) is 6.07 Å². The Morgan fingerprint density at radius 2 is 1.14 bits per heavy atom. The third kappa shape index (κ3) is 8.99. The van der Waals surface area contributed by atoms with Crippen molar-refractivity contribution < 1.29 is 28.6 Å². The molecule has 0 aromatic heterocycles. The minimum absolute atomic E-state index is 0.132. The highest BCUT2D eigenvalue weighted by molar-refractivity contribution is 5.89. The predicted molar refractivity (Wildman–Crippen MR) is 172 cm³/mol. The lowest BCUT2D eigenvalue weighted by molar-refractivity contribution is -0.115. The van der Waals surface area contributed by atoms with Crippen LogP contribution in [-0.2, 0) is 14.4 Å². The maximum Gasteiger partial charge on any atom is 0.221 e. The van der Waals surface area contributed by atoms with Crippen LogP contribution in [-0.4, -0.2) is 38.4 Å². The summed E-state index contributed by atoms with van der Waals surface area (Å²) in [7, 11) is 3.54. The highest BCUT2D eigenvalue weighted by Crippen LogP contribution is 2.36. The second-order valence-corrected chi connectivity index (χ2v) is 10.1. The van der Waals surface area contributed by atoms with Gasteiger partial charge in [-0.05, 0) is 90.5 Å². The van der Waals surface area contributed by atoms with Gasteiger partial charge >= 0.3 is 0 Å². The Morgan fingerprint density at radius 1 is 0.659 bits per heavy atom. The van der Waals surface area contributed by atoms with Crippen LogP contribution >= 0.6 is 0 Å². The van der Waals surface area contributed by atoms with Crippen LogP contribution in [0.3, 0.4) is 0 Å². The Balaban J connectivity index is 1.58. The molecule has 44 heavy (non-hydrogen) atoms. The largest absolute Gasteiger partial charge is 0.493 e. The fraction of sp³-hybridized carbons (Fsp3) is 0.206. The molecule has 3 N–H and O–H groups in total. The lowest BCUT2D eigenvalue weighted by Crippen LogP contribution is -2.27. The number of hydrogen-bond donors (Lipinski definition) is 3. The first-order valence-electron chi connectivity index (χ1n) is 14.0. The number of methoxy groups -OCH3 is 1. The average Bonchev–Trinajstić information content (AvgIpc) is 2.98. The van der Waals surface area contributed by atoms with Crippen molar-refractivity contribution in [3.8, 4) is 23.0 Å². The molecule has 0 aliphatic heterocycles. The third-order valence-electron chi connectivity index (χ3n) is 6.48. The molecular formula is C34H36N4O6. The topological polar surface area (TPSA) is 118 Å². The molecule has 0 saturated carbocycles. The van der Waals surface area contributed by atoms with Gasteiger partial charge in [0.05, 0.1) is 13.7 Å². The summed E-state index contributed by atoms with van der Waals surface area (Å²) in [5.41, 5.74) is 3.84. The van der Waals surface area contributed by atoms with E-state index in [4.69, 9.17) is 14.2 Å². The summed E-state index contributed by atoms with van der Waals surface area (Å²) < 4.78 is 18.3. The molecule has 0 radical (unpaired) electrons. The van der Waals surface area contributed by atoms with Gasteiger partial charge in [0.25, 0.3) is 0 Å². The molecule has 0 spiro atoms. The molecule has 0 aliphatic rings. The summed E-state index contributed by atoms with van der Waals surface area (Å²) in [5.74, 6) is 1.81. The summed E-state index contributed by atoms with van der Waals surface area (Å²) in [6, 6.07) is 27.4. The monoisotopic (exact) mass is 596 g/mol.